The topological polar surface area (TPSA) is 66.8 Å². The predicted octanol–water partition coefficient (Wildman–Crippen LogP) is 1.97. The molecule has 2 aromatic rings. The summed E-state index contributed by atoms with van der Waals surface area (Å²) in [5, 5.41) is 5.17. The number of aryl methyl sites for hydroxylation is 1. The van der Waals surface area contributed by atoms with E-state index in [2.05, 4.69) is 38.5 Å². The highest BCUT2D eigenvalue weighted by atomic mass is 32.2. The van der Waals surface area contributed by atoms with Crippen molar-refractivity contribution in [1.82, 2.24) is 24.6 Å². The molecule has 6 nitrogen and oxygen atoms in total. The van der Waals surface area contributed by atoms with Crippen molar-refractivity contribution in [3.8, 4) is 0 Å². The molecule has 0 atom stereocenters. The molecule has 1 N–H and O–H groups in total. The van der Waals surface area contributed by atoms with E-state index in [0.717, 1.165) is 43.7 Å². The van der Waals surface area contributed by atoms with Gasteiger partial charge in [0.15, 0.2) is 5.16 Å². The van der Waals surface area contributed by atoms with E-state index in [1.165, 1.54) is 23.0 Å². The first kappa shape index (κ1) is 16.3. The summed E-state index contributed by atoms with van der Waals surface area (Å²) >= 11 is 1.48. The molecule has 1 aliphatic heterocycles. The van der Waals surface area contributed by atoms with E-state index >= 15 is 0 Å². The second-order valence-corrected chi connectivity index (χ2v) is 6.73. The van der Waals surface area contributed by atoms with Gasteiger partial charge in [-0.1, -0.05) is 18.7 Å². The molecule has 3 rings (SSSR count). The summed E-state index contributed by atoms with van der Waals surface area (Å²) in [6.45, 7) is 7.65. The van der Waals surface area contributed by atoms with Gasteiger partial charge in [0.2, 0.25) is 0 Å². The average molecular weight is 333 g/mol. The number of thioether (sulfide) groups is 1. The normalized spacial score (nSPS) is 14.9. The molecular formula is C16H23N5OS. The quantitative estimate of drug-likeness (QED) is 0.669. The molecule has 0 aliphatic carbocycles. The van der Waals surface area contributed by atoms with Crippen LogP contribution in [0, 0.1) is 6.92 Å². The molecule has 0 saturated heterocycles. The van der Waals surface area contributed by atoms with Gasteiger partial charge >= 0.3 is 0 Å². The Hall–Kier alpha value is -1.60. The van der Waals surface area contributed by atoms with Gasteiger partial charge in [-0.25, -0.2) is 4.98 Å². The van der Waals surface area contributed by atoms with Gasteiger partial charge in [-0.15, -0.1) is 0 Å². The van der Waals surface area contributed by atoms with Crippen LogP contribution in [0.4, 0.5) is 0 Å². The Kier molecular flexibility index (Phi) is 4.87. The summed E-state index contributed by atoms with van der Waals surface area (Å²) in [6.07, 6.45) is 5.79. The molecule has 0 saturated carbocycles. The third-order valence-electron chi connectivity index (χ3n) is 4.35. The van der Waals surface area contributed by atoms with Gasteiger partial charge < -0.3 is 4.98 Å². The van der Waals surface area contributed by atoms with Crippen LogP contribution in [0.3, 0.4) is 0 Å². The lowest BCUT2D eigenvalue weighted by Gasteiger charge is -2.27. The van der Waals surface area contributed by atoms with Crippen LogP contribution in [-0.2, 0) is 26.1 Å². The van der Waals surface area contributed by atoms with Gasteiger partial charge in [0.1, 0.15) is 0 Å². The van der Waals surface area contributed by atoms with E-state index in [9.17, 15) is 4.79 Å². The fraction of sp³-hybridized carbons (Fsp3) is 0.562. The lowest BCUT2D eigenvalue weighted by Crippen LogP contribution is -2.35. The van der Waals surface area contributed by atoms with Crippen LogP contribution in [0.2, 0.25) is 0 Å². The number of aromatic amines is 1. The number of nitrogens with zero attached hydrogens (tertiary/aromatic N) is 4. The molecule has 0 aromatic carbocycles. The molecule has 0 radical (unpaired) electrons. The lowest BCUT2D eigenvalue weighted by molar-refractivity contribution is 0.240. The molecule has 2 aromatic heterocycles. The zero-order valence-corrected chi connectivity index (χ0v) is 14.7. The second kappa shape index (κ2) is 6.88. The van der Waals surface area contributed by atoms with Crippen molar-refractivity contribution in [2.45, 2.75) is 51.5 Å². The Bertz CT molecular complexity index is 751. The first-order chi connectivity index (χ1) is 11.1. The molecule has 23 heavy (non-hydrogen) atoms. The maximum absolute atomic E-state index is 12.2. The highest BCUT2D eigenvalue weighted by molar-refractivity contribution is 7.98. The molecule has 7 heteroatoms. The van der Waals surface area contributed by atoms with Gasteiger partial charge in [-0.05, 0) is 19.6 Å². The smallest absolute Gasteiger partial charge is 0.256 e. The standard InChI is InChI=1S/C16H23N5OS/c1-4-6-21-11(2)12(8-17-21)9-20-7-5-14-13(10-20)15(22)19-16(18-14)23-3/h8H,4-7,9-10H2,1-3H3,(H,18,19,22). The summed E-state index contributed by atoms with van der Waals surface area (Å²) in [6, 6.07) is 0. The molecule has 0 amide bonds. The Morgan fingerprint density at radius 3 is 3.00 bits per heavy atom. The van der Waals surface area contributed by atoms with Crippen molar-refractivity contribution in [2.24, 2.45) is 0 Å². The number of hydrogen-bond acceptors (Lipinski definition) is 5. The van der Waals surface area contributed by atoms with E-state index < -0.39 is 0 Å². The summed E-state index contributed by atoms with van der Waals surface area (Å²) in [7, 11) is 0. The zero-order chi connectivity index (χ0) is 16.4. The number of fused-ring (bicyclic) bond motifs is 1. The van der Waals surface area contributed by atoms with Crippen molar-refractivity contribution in [3.05, 3.63) is 39.1 Å². The van der Waals surface area contributed by atoms with Gasteiger partial charge in [0.05, 0.1) is 17.5 Å². The van der Waals surface area contributed by atoms with Crippen molar-refractivity contribution in [3.63, 3.8) is 0 Å². The summed E-state index contributed by atoms with van der Waals surface area (Å²) in [5.74, 6) is 0. The van der Waals surface area contributed by atoms with Gasteiger partial charge in [-0.3, -0.25) is 14.4 Å². The Labute approximate surface area is 140 Å². The fourth-order valence-corrected chi connectivity index (χ4v) is 3.40. The summed E-state index contributed by atoms with van der Waals surface area (Å²) < 4.78 is 2.06. The highest BCUT2D eigenvalue weighted by Gasteiger charge is 2.22. The van der Waals surface area contributed by atoms with Crippen LogP contribution in [0.25, 0.3) is 0 Å². The molecule has 0 unspecified atom stereocenters. The van der Waals surface area contributed by atoms with E-state index in [1.54, 1.807) is 0 Å². The number of rotatable bonds is 5. The third-order valence-corrected chi connectivity index (χ3v) is 4.93. The number of H-pyrrole nitrogens is 1. The number of aromatic nitrogens is 4. The summed E-state index contributed by atoms with van der Waals surface area (Å²) in [4.78, 5) is 21.9. The monoisotopic (exact) mass is 333 g/mol. The molecule has 3 heterocycles. The molecular weight excluding hydrogens is 310 g/mol. The van der Waals surface area contributed by atoms with E-state index in [0.29, 0.717) is 11.7 Å². The highest BCUT2D eigenvalue weighted by Crippen LogP contribution is 2.19. The fourth-order valence-electron chi connectivity index (χ4n) is 3.01. The zero-order valence-electron chi connectivity index (χ0n) is 13.9. The first-order valence-corrected chi connectivity index (χ1v) is 9.24. The van der Waals surface area contributed by atoms with Crippen molar-refractivity contribution in [2.75, 3.05) is 12.8 Å². The van der Waals surface area contributed by atoms with Crippen LogP contribution >= 0.6 is 11.8 Å². The maximum atomic E-state index is 12.2. The predicted molar refractivity (Wildman–Crippen MR) is 91.7 cm³/mol. The van der Waals surface area contributed by atoms with E-state index in [4.69, 9.17) is 0 Å². The minimum Gasteiger partial charge on any atom is -0.301 e. The minimum absolute atomic E-state index is 0.00227. The maximum Gasteiger partial charge on any atom is 0.256 e. The van der Waals surface area contributed by atoms with Gasteiger partial charge in [0, 0.05) is 43.9 Å². The molecule has 124 valence electrons. The van der Waals surface area contributed by atoms with Crippen molar-refractivity contribution < 1.29 is 0 Å². The average Bonchev–Trinajstić information content (AvgIpc) is 2.89. The van der Waals surface area contributed by atoms with Gasteiger partial charge in [-0.2, -0.15) is 5.10 Å². The Balaban J connectivity index is 1.76. The minimum atomic E-state index is 0.00227. The summed E-state index contributed by atoms with van der Waals surface area (Å²) in [5.41, 5.74) is 4.23. The lowest BCUT2D eigenvalue weighted by atomic mass is 10.1. The van der Waals surface area contributed by atoms with Gasteiger partial charge in [0.25, 0.3) is 5.56 Å². The van der Waals surface area contributed by atoms with Crippen LogP contribution < -0.4 is 5.56 Å². The van der Waals surface area contributed by atoms with Crippen molar-refractivity contribution >= 4 is 11.8 Å². The Morgan fingerprint density at radius 1 is 1.43 bits per heavy atom. The van der Waals surface area contributed by atoms with E-state index in [-0.39, 0.29) is 5.56 Å². The van der Waals surface area contributed by atoms with Crippen LogP contribution in [0.5, 0.6) is 0 Å². The number of hydrogen-bond donors (Lipinski definition) is 1. The molecule has 0 bridgehead atoms. The SMILES string of the molecule is CCCn1ncc(CN2CCc3nc(SC)[nH]c(=O)c3C2)c1C. The molecule has 0 fully saturated rings. The third kappa shape index (κ3) is 3.35. The second-order valence-electron chi connectivity index (χ2n) is 5.94. The van der Waals surface area contributed by atoms with E-state index in [1.807, 2.05) is 12.5 Å². The van der Waals surface area contributed by atoms with Crippen LogP contribution in [0.15, 0.2) is 16.1 Å². The largest absolute Gasteiger partial charge is 0.301 e. The van der Waals surface area contributed by atoms with Crippen LogP contribution in [-0.4, -0.2) is 37.4 Å². The Morgan fingerprint density at radius 2 is 2.26 bits per heavy atom. The first-order valence-electron chi connectivity index (χ1n) is 8.02. The molecule has 0 spiro atoms. The van der Waals surface area contributed by atoms with Crippen molar-refractivity contribution in [1.29, 1.82) is 0 Å². The van der Waals surface area contributed by atoms with Crippen LogP contribution in [0.1, 0.15) is 35.9 Å². The number of nitrogens with one attached hydrogen (secondary N) is 1. The molecule has 1 aliphatic rings.